The van der Waals surface area contributed by atoms with Gasteiger partial charge in [-0.1, -0.05) is 19.9 Å². The molecular formula is C19H38N4O. The maximum atomic E-state index is 9.26. The van der Waals surface area contributed by atoms with E-state index >= 15 is 0 Å². The van der Waals surface area contributed by atoms with E-state index < -0.39 is 0 Å². The first kappa shape index (κ1) is 21.0. The topological polar surface area (TPSA) is 59.9 Å². The summed E-state index contributed by atoms with van der Waals surface area (Å²) in [7, 11) is 0. The average Bonchev–Trinajstić information content (AvgIpc) is 2.54. The Morgan fingerprint density at radius 2 is 2.08 bits per heavy atom. The molecular weight excluding hydrogens is 300 g/mol. The number of nitrogens with zero attached hydrogens (tertiary/aromatic N) is 2. The molecule has 140 valence electrons. The highest BCUT2D eigenvalue weighted by atomic mass is 16.3. The molecule has 24 heavy (non-hydrogen) atoms. The summed E-state index contributed by atoms with van der Waals surface area (Å²) < 4.78 is 0. The van der Waals surface area contributed by atoms with Crippen molar-refractivity contribution < 1.29 is 5.11 Å². The van der Waals surface area contributed by atoms with E-state index in [-0.39, 0.29) is 6.61 Å². The van der Waals surface area contributed by atoms with E-state index in [1.165, 1.54) is 0 Å². The zero-order valence-electron chi connectivity index (χ0n) is 15.9. The molecule has 0 amide bonds. The van der Waals surface area contributed by atoms with E-state index in [4.69, 9.17) is 4.99 Å². The molecule has 0 radical (unpaired) electrons. The molecule has 0 aliphatic carbocycles. The second kappa shape index (κ2) is 12.3. The summed E-state index contributed by atoms with van der Waals surface area (Å²) >= 11 is 0. The number of hydrogen-bond acceptors (Lipinski definition) is 3. The van der Waals surface area contributed by atoms with Crippen LogP contribution in [0.15, 0.2) is 17.6 Å². The summed E-state index contributed by atoms with van der Waals surface area (Å²) in [5.41, 5.74) is 0. The summed E-state index contributed by atoms with van der Waals surface area (Å²) in [6, 6.07) is 0.491. The van der Waals surface area contributed by atoms with Crippen molar-refractivity contribution in [3.05, 3.63) is 12.7 Å². The third-order valence-corrected chi connectivity index (χ3v) is 4.51. The van der Waals surface area contributed by atoms with Crippen LogP contribution in [0.4, 0.5) is 0 Å². The van der Waals surface area contributed by atoms with E-state index in [1.54, 1.807) is 0 Å². The lowest BCUT2D eigenvalue weighted by molar-refractivity contribution is 0.224. The van der Waals surface area contributed by atoms with Crippen molar-refractivity contribution in [2.45, 2.75) is 52.5 Å². The number of aliphatic hydroxyl groups excluding tert-OH is 1. The van der Waals surface area contributed by atoms with Crippen molar-refractivity contribution in [3.63, 3.8) is 0 Å². The highest BCUT2D eigenvalue weighted by Crippen LogP contribution is 2.15. The largest absolute Gasteiger partial charge is 0.396 e. The fourth-order valence-electron chi connectivity index (χ4n) is 3.31. The number of rotatable bonds is 10. The Morgan fingerprint density at radius 3 is 2.62 bits per heavy atom. The molecule has 0 spiro atoms. The molecule has 1 fully saturated rings. The van der Waals surface area contributed by atoms with Gasteiger partial charge in [0.15, 0.2) is 5.96 Å². The SMILES string of the molecule is C=CCN1CCC(NC(=NCC(CCO)CC(C)C)NCC)CC1. The smallest absolute Gasteiger partial charge is 0.191 e. The lowest BCUT2D eigenvalue weighted by Gasteiger charge is -2.32. The first-order valence-electron chi connectivity index (χ1n) is 9.57. The number of aliphatic imine (C=N–C) groups is 1. The van der Waals surface area contributed by atoms with E-state index in [0.717, 1.165) is 64.4 Å². The summed E-state index contributed by atoms with van der Waals surface area (Å²) in [6.45, 7) is 15.5. The first-order chi connectivity index (χ1) is 11.6. The molecule has 0 aromatic heterocycles. The highest BCUT2D eigenvalue weighted by molar-refractivity contribution is 5.80. The number of aliphatic hydroxyl groups is 1. The molecule has 0 aromatic carbocycles. The number of piperidine rings is 1. The Hall–Kier alpha value is -1.07. The minimum absolute atomic E-state index is 0.249. The summed E-state index contributed by atoms with van der Waals surface area (Å²) in [5, 5.41) is 16.2. The summed E-state index contributed by atoms with van der Waals surface area (Å²) in [4.78, 5) is 7.23. The van der Waals surface area contributed by atoms with Crippen molar-refractivity contribution in [3.8, 4) is 0 Å². The molecule has 5 nitrogen and oxygen atoms in total. The van der Waals surface area contributed by atoms with Crippen molar-refractivity contribution in [1.82, 2.24) is 15.5 Å². The first-order valence-corrected chi connectivity index (χ1v) is 9.57. The predicted molar refractivity (Wildman–Crippen MR) is 103 cm³/mol. The van der Waals surface area contributed by atoms with Crippen LogP contribution >= 0.6 is 0 Å². The van der Waals surface area contributed by atoms with Gasteiger partial charge in [0.1, 0.15) is 0 Å². The third kappa shape index (κ3) is 8.69. The molecule has 0 saturated carbocycles. The Bertz CT molecular complexity index is 362. The molecule has 0 bridgehead atoms. The molecule has 1 unspecified atom stereocenters. The molecule has 1 heterocycles. The normalized spacial score (nSPS) is 18.6. The van der Waals surface area contributed by atoms with Gasteiger partial charge in [-0.3, -0.25) is 9.89 Å². The van der Waals surface area contributed by atoms with Crippen LogP contribution in [0.2, 0.25) is 0 Å². The minimum Gasteiger partial charge on any atom is -0.396 e. The van der Waals surface area contributed by atoms with Crippen LogP contribution in [0.25, 0.3) is 0 Å². The fourth-order valence-corrected chi connectivity index (χ4v) is 3.31. The summed E-state index contributed by atoms with van der Waals surface area (Å²) in [6.07, 6.45) is 6.22. The van der Waals surface area contributed by atoms with E-state index in [9.17, 15) is 5.11 Å². The van der Waals surface area contributed by atoms with Crippen molar-refractivity contribution >= 4 is 5.96 Å². The molecule has 1 rings (SSSR count). The quantitative estimate of drug-likeness (QED) is 0.325. The maximum absolute atomic E-state index is 9.26. The zero-order chi connectivity index (χ0) is 17.8. The standard InChI is InChI=1S/C19H38N4O/c1-5-10-23-11-7-18(8-12-23)22-19(20-6-2)21-15-17(9-13-24)14-16(3)4/h5,16-18,24H,1,6-15H2,2-4H3,(H2,20,21,22). The lowest BCUT2D eigenvalue weighted by Crippen LogP contribution is -2.48. The van der Waals surface area contributed by atoms with Gasteiger partial charge in [-0.05, 0) is 44.4 Å². The van der Waals surface area contributed by atoms with Gasteiger partial charge in [-0.25, -0.2) is 0 Å². The average molecular weight is 339 g/mol. The van der Waals surface area contributed by atoms with Crippen molar-refractivity contribution in [2.24, 2.45) is 16.8 Å². The molecule has 1 aliphatic heterocycles. The number of guanidine groups is 1. The van der Waals surface area contributed by atoms with Crippen LogP contribution in [0.3, 0.4) is 0 Å². The third-order valence-electron chi connectivity index (χ3n) is 4.51. The van der Waals surface area contributed by atoms with Crippen LogP contribution in [-0.4, -0.2) is 61.3 Å². The number of hydrogen-bond donors (Lipinski definition) is 3. The monoisotopic (exact) mass is 338 g/mol. The second-order valence-corrected chi connectivity index (χ2v) is 7.24. The van der Waals surface area contributed by atoms with E-state index in [2.05, 4.69) is 42.9 Å². The predicted octanol–water partition coefficient (Wildman–Crippen LogP) is 2.24. The Morgan fingerprint density at radius 1 is 1.38 bits per heavy atom. The molecule has 3 N–H and O–H groups in total. The van der Waals surface area contributed by atoms with Crippen molar-refractivity contribution in [1.29, 1.82) is 0 Å². The van der Waals surface area contributed by atoms with E-state index in [1.807, 2.05) is 6.08 Å². The minimum atomic E-state index is 0.249. The van der Waals surface area contributed by atoms with Gasteiger partial charge in [-0.2, -0.15) is 0 Å². The van der Waals surface area contributed by atoms with Gasteiger partial charge in [0, 0.05) is 45.4 Å². The summed E-state index contributed by atoms with van der Waals surface area (Å²) in [5.74, 6) is 2.02. The van der Waals surface area contributed by atoms with Crippen LogP contribution in [0, 0.1) is 11.8 Å². The lowest BCUT2D eigenvalue weighted by atomic mass is 9.94. The van der Waals surface area contributed by atoms with Crippen LogP contribution in [0.5, 0.6) is 0 Å². The van der Waals surface area contributed by atoms with Gasteiger partial charge >= 0.3 is 0 Å². The Kier molecular flexibility index (Phi) is 10.8. The second-order valence-electron chi connectivity index (χ2n) is 7.24. The van der Waals surface area contributed by atoms with Crippen LogP contribution in [-0.2, 0) is 0 Å². The fraction of sp³-hybridized carbons (Fsp3) is 0.842. The zero-order valence-corrected chi connectivity index (χ0v) is 15.9. The maximum Gasteiger partial charge on any atom is 0.191 e. The molecule has 1 atom stereocenters. The van der Waals surface area contributed by atoms with Gasteiger partial charge in [0.05, 0.1) is 0 Å². The Balaban J connectivity index is 2.51. The highest BCUT2D eigenvalue weighted by Gasteiger charge is 2.19. The molecule has 1 saturated heterocycles. The number of nitrogens with one attached hydrogen (secondary N) is 2. The van der Waals surface area contributed by atoms with Crippen LogP contribution in [0.1, 0.15) is 46.5 Å². The molecule has 1 aliphatic rings. The molecule has 5 heteroatoms. The van der Waals surface area contributed by atoms with Gasteiger partial charge in [-0.15, -0.1) is 6.58 Å². The molecule has 0 aromatic rings. The van der Waals surface area contributed by atoms with Gasteiger partial charge in [0.25, 0.3) is 0 Å². The van der Waals surface area contributed by atoms with Gasteiger partial charge < -0.3 is 15.7 Å². The van der Waals surface area contributed by atoms with Crippen LogP contribution < -0.4 is 10.6 Å². The van der Waals surface area contributed by atoms with E-state index in [0.29, 0.717) is 17.9 Å². The Labute approximate surface area is 148 Å². The van der Waals surface area contributed by atoms with Crippen molar-refractivity contribution in [2.75, 3.05) is 39.3 Å². The van der Waals surface area contributed by atoms with Gasteiger partial charge in [0.2, 0.25) is 0 Å². The number of likely N-dealkylation sites (tertiary alicyclic amines) is 1.